The van der Waals surface area contributed by atoms with Crippen molar-refractivity contribution in [3.8, 4) is 0 Å². The van der Waals surface area contributed by atoms with Gasteiger partial charge in [0, 0.05) is 11.9 Å². The van der Waals surface area contributed by atoms with Gasteiger partial charge in [0.2, 0.25) is 0 Å². The molecule has 0 spiro atoms. The molecule has 0 aromatic carbocycles. The zero-order valence-corrected chi connectivity index (χ0v) is 13.6. The Bertz CT molecular complexity index is 594. The minimum Gasteiger partial charge on any atom is -0.293 e. The van der Waals surface area contributed by atoms with Gasteiger partial charge in [0.05, 0.1) is 27.1 Å². The minimum atomic E-state index is -0.0254. The second kappa shape index (κ2) is 6.33. The van der Waals surface area contributed by atoms with E-state index in [0.29, 0.717) is 27.3 Å². The molecule has 0 aliphatic carbocycles. The van der Waals surface area contributed by atoms with Gasteiger partial charge in [0.25, 0.3) is 0 Å². The summed E-state index contributed by atoms with van der Waals surface area (Å²) in [5.41, 5.74) is 1.48. The minimum absolute atomic E-state index is 0.0254. The zero-order valence-electron chi connectivity index (χ0n) is 10.4. The monoisotopic (exact) mass is 334 g/mol. The molecule has 2 rings (SSSR count). The zero-order chi connectivity index (χ0) is 14.0. The Kier molecular flexibility index (Phi) is 4.97. The third kappa shape index (κ3) is 4.00. The van der Waals surface area contributed by atoms with Gasteiger partial charge in [-0.2, -0.15) is 0 Å². The standard InChI is InChI=1S/C12H12Cl2N2OS2/c1-7-15-8(6-18-7)4-16(2)5-10(17)9-3-11(13)19-12(9)14/h3,6H,4-5H2,1-2H3. The normalized spacial score (nSPS) is 11.2. The number of nitrogens with zero attached hydrogens (tertiary/aromatic N) is 2. The highest BCUT2D eigenvalue weighted by Gasteiger charge is 2.16. The van der Waals surface area contributed by atoms with Crippen molar-refractivity contribution in [3.05, 3.63) is 36.4 Å². The first-order valence-corrected chi connectivity index (χ1v) is 7.98. The molecular weight excluding hydrogens is 323 g/mol. The lowest BCUT2D eigenvalue weighted by molar-refractivity contribution is 0.0943. The van der Waals surface area contributed by atoms with E-state index in [4.69, 9.17) is 23.2 Å². The third-order valence-corrected chi connectivity index (χ3v) is 4.78. The molecule has 0 amide bonds. The van der Waals surface area contributed by atoms with Gasteiger partial charge in [-0.05, 0) is 20.0 Å². The first-order chi connectivity index (χ1) is 8.95. The molecule has 102 valence electrons. The molecule has 0 fully saturated rings. The van der Waals surface area contributed by atoms with E-state index in [1.165, 1.54) is 11.3 Å². The second-order valence-corrected chi connectivity index (χ2v) is 7.54. The van der Waals surface area contributed by atoms with Crippen LogP contribution in [-0.4, -0.2) is 29.3 Å². The number of hydrogen-bond donors (Lipinski definition) is 0. The lowest BCUT2D eigenvalue weighted by Crippen LogP contribution is -2.25. The number of thiazole rings is 1. The maximum atomic E-state index is 12.1. The van der Waals surface area contributed by atoms with E-state index in [0.717, 1.165) is 10.7 Å². The molecule has 0 bridgehead atoms. The largest absolute Gasteiger partial charge is 0.293 e. The number of likely N-dealkylation sites (N-methyl/N-ethyl adjacent to an activating group) is 1. The molecule has 0 saturated heterocycles. The van der Waals surface area contributed by atoms with Crippen LogP contribution < -0.4 is 0 Å². The van der Waals surface area contributed by atoms with Gasteiger partial charge in [-0.15, -0.1) is 22.7 Å². The van der Waals surface area contributed by atoms with Gasteiger partial charge < -0.3 is 0 Å². The molecule has 0 radical (unpaired) electrons. The van der Waals surface area contributed by atoms with Gasteiger partial charge in [-0.3, -0.25) is 9.69 Å². The van der Waals surface area contributed by atoms with Gasteiger partial charge in [-0.25, -0.2) is 4.98 Å². The van der Waals surface area contributed by atoms with Crippen molar-refractivity contribution in [2.24, 2.45) is 0 Å². The van der Waals surface area contributed by atoms with Crippen LogP contribution in [0.3, 0.4) is 0 Å². The lowest BCUT2D eigenvalue weighted by atomic mass is 10.2. The topological polar surface area (TPSA) is 33.2 Å². The number of aromatic nitrogens is 1. The quantitative estimate of drug-likeness (QED) is 0.770. The Morgan fingerprint density at radius 3 is 2.74 bits per heavy atom. The van der Waals surface area contributed by atoms with Crippen LogP contribution in [0.5, 0.6) is 0 Å². The van der Waals surface area contributed by atoms with Crippen molar-refractivity contribution >= 4 is 51.7 Å². The highest BCUT2D eigenvalue weighted by Crippen LogP contribution is 2.31. The molecule has 0 aliphatic rings. The van der Waals surface area contributed by atoms with Crippen molar-refractivity contribution < 1.29 is 4.79 Å². The molecule has 0 atom stereocenters. The Balaban J connectivity index is 1.97. The Labute approximate surface area is 129 Å². The van der Waals surface area contributed by atoms with Crippen molar-refractivity contribution in [3.63, 3.8) is 0 Å². The summed E-state index contributed by atoms with van der Waals surface area (Å²) < 4.78 is 0.985. The number of thiophene rings is 1. The summed E-state index contributed by atoms with van der Waals surface area (Å²) in [4.78, 5) is 18.4. The Morgan fingerprint density at radius 2 is 2.21 bits per heavy atom. The summed E-state index contributed by atoms with van der Waals surface area (Å²) in [5, 5.41) is 3.03. The number of carbonyl (C=O) groups is 1. The highest BCUT2D eigenvalue weighted by molar-refractivity contribution is 7.20. The number of halogens is 2. The summed E-state index contributed by atoms with van der Waals surface area (Å²) in [5.74, 6) is -0.0254. The van der Waals surface area contributed by atoms with E-state index in [-0.39, 0.29) is 5.78 Å². The van der Waals surface area contributed by atoms with Gasteiger partial charge >= 0.3 is 0 Å². The fourth-order valence-electron chi connectivity index (χ4n) is 1.67. The van der Waals surface area contributed by atoms with E-state index in [2.05, 4.69) is 4.98 Å². The maximum Gasteiger partial charge on any atom is 0.179 e. The molecule has 19 heavy (non-hydrogen) atoms. The number of aryl methyl sites for hydroxylation is 1. The molecule has 0 aliphatic heterocycles. The van der Waals surface area contributed by atoms with Crippen LogP contribution in [0.25, 0.3) is 0 Å². The van der Waals surface area contributed by atoms with Crippen LogP contribution in [0, 0.1) is 6.92 Å². The maximum absolute atomic E-state index is 12.1. The van der Waals surface area contributed by atoms with Crippen molar-refractivity contribution in [2.45, 2.75) is 13.5 Å². The fraction of sp³-hybridized carbons (Fsp3) is 0.333. The Hall–Kier alpha value is -0.460. The van der Waals surface area contributed by atoms with Crippen LogP contribution >= 0.6 is 45.9 Å². The van der Waals surface area contributed by atoms with Crippen molar-refractivity contribution in [1.82, 2.24) is 9.88 Å². The molecule has 0 saturated carbocycles. The van der Waals surface area contributed by atoms with Crippen LogP contribution in [0.1, 0.15) is 21.1 Å². The first kappa shape index (κ1) is 14.9. The van der Waals surface area contributed by atoms with E-state index < -0.39 is 0 Å². The van der Waals surface area contributed by atoms with Crippen LogP contribution in [0.2, 0.25) is 8.67 Å². The van der Waals surface area contributed by atoms with Gasteiger partial charge in [0.15, 0.2) is 5.78 Å². The van der Waals surface area contributed by atoms with E-state index >= 15 is 0 Å². The van der Waals surface area contributed by atoms with E-state index in [1.807, 2.05) is 24.3 Å². The van der Waals surface area contributed by atoms with E-state index in [9.17, 15) is 4.79 Å². The fourth-order valence-corrected chi connectivity index (χ4v) is 3.78. The average Bonchev–Trinajstić information content (AvgIpc) is 2.84. The SMILES string of the molecule is Cc1nc(CN(C)CC(=O)c2cc(Cl)sc2Cl)cs1. The summed E-state index contributed by atoms with van der Waals surface area (Å²) in [6.07, 6.45) is 0. The van der Waals surface area contributed by atoms with Crippen LogP contribution in [0.4, 0.5) is 0 Å². The number of hydrogen-bond acceptors (Lipinski definition) is 5. The number of carbonyl (C=O) groups excluding carboxylic acids is 1. The molecule has 2 aromatic rings. The predicted molar refractivity (Wildman–Crippen MR) is 81.9 cm³/mol. The Morgan fingerprint density at radius 1 is 1.47 bits per heavy atom. The van der Waals surface area contributed by atoms with Gasteiger partial charge in [-0.1, -0.05) is 23.2 Å². The van der Waals surface area contributed by atoms with Crippen LogP contribution in [0.15, 0.2) is 11.4 Å². The molecule has 2 aromatic heterocycles. The lowest BCUT2D eigenvalue weighted by Gasteiger charge is -2.13. The number of ketones is 1. The summed E-state index contributed by atoms with van der Waals surface area (Å²) in [6, 6.07) is 1.62. The molecule has 0 unspecified atom stereocenters. The smallest absolute Gasteiger partial charge is 0.179 e. The van der Waals surface area contributed by atoms with Crippen LogP contribution in [-0.2, 0) is 6.54 Å². The number of rotatable bonds is 5. The predicted octanol–water partition coefficient (Wildman–Crippen LogP) is 4.13. The van der Waals surface area contributed by atoms with Gasteiger partial charge in [0.1, 0.15) is 4.34 Å². The van der Waals surface area contributed by atoms with Crippen molar-refractivity contribution in [2.75, 3.05) is 13.6 Å². The molecule has 7 heteroatoms. The van der Waals surface area contributed by atoms with E-state index in [1.54, 1.807) is 17.4 Å². The highest BCUT2D eigenvalue weighted by atomic mass is 35.5. The third-order valence-electron chi connectivity index (χ3n) is 2.47. The molecular formula is C12H12Cl2N2OS2. The first-order valence-electron chi connectivity index (χ1n) is 5.53. The summed E-state index contributed by atoms with van der Waals surface area (Å²) >= 11 is 14.6. The second-order valence-electron chi connectivity index (χ2n) is 4.19. The summed E-state index contributed by atoms with van der Waals surface area (Å²) in [7, 11) is 1.88. The summed E-state index contributed by atoms with van der Waals surface area (Å²) in [6.45, 7) is 2.90. The average molecular weight is 335 g/mol. The molecule has 3 nitrogen and oxygen atoms in total. The molecule has 2 heterocycles. The van der Waals surface area contributed by atoms with Crippen molar-refractivity contribution in [1.29, 1.82) is 0 Å². The molecule has 0 N–H and O–H groups in total. The number of Topliss-reactive ketones (excluding diaryl/α,β-unsaturated/α-hetero) is 1.